The molecule has 1 rings (SSSR count). The molecule has 0 bridgehead atoms. The average molecular weight is 383 g/mol. The highest BCUT2D eigenvalue weighted by Crippen LogP contribution is 2.23. The average Bonchev–Trinajstić information content (AvgIpc) is 2.38. The van der Waals surface area contributed by atoms with Crippen molar-refractivity contribution in [2.24, 2.45) is 0 Å². The monoisotopic (exact) mass is 383 g/mol. The van der Waals surface area contributed by atoms with Crippen molar-refractivity contribution in [1.82, 2.24) is 4.90 Å². The van der Waals surface area contributed by atoms with Crippen molar-refractivity contribution in [3.8, 4) is 5.75 Å². The van der Waals surface area contributed by atoms with Crippen molar-refractivity contribution in [2.75, 3.05) is 19.7 Å². The molecule has 1 aromatic carbocycles. The molecule has 1 aromatic rings. The molecule has 0 fully saturated rings. The zero-order chi connectivity index (χ0) is 14.4. The summed E-state index contributed by atoms with van der Waals surface area (Å²) in [5, 5.41) is 0. The van der Waals surface area contributed by atoms with E-state index in [-0.39, 0.29) is 5.91 Å². The van der Waals surface area contributed by atoms with Gasteiger partial charge >= 0.3 is 0 Å². The molecule has 0 saturated heterocycles. The van der Waals surface area contributed by atoms with Crippen molar-refractivity contribution < 1.29 is 18.3 Å². The molecule has 19 heavy (non-hydrogen) atoms. The highest BCUT2D eigenvalue weighted by molar-refractivity contribution is 14.1. The van der Waals surface area contributed by atoms with Crippen LogP contribution in [-0.2, 0) is 0 Å². The second-order valence-electron chi connectivity index (χ2n) is 3.82. The summed E-state index contributed by atoms with van der Waals surface area (Å²) in [6, 6.07) is 4.89. The number of halogens is 3. The fourth-order valence-electron chi connectivity index (χ4n) is 1.59. The molecule has 3 nitrogen and oxygen atoms in total. The van der Waals surface area contributed by atoms with Crippen molar-refractivity contribution in [2.45, 2.75) is 20.3 Å². The lowest BCUT2D eigenvalue weighted by atomic mass is 10.2. The Hall–Kier alpha value is -0.920. The van der Waals surface area contributed by atoms with Crippen LogP contribution in [-0.4, -0.2) is 36.9 Å². The second-order valence-corrected chi connectivity index (χ2v) is 4.99. The third-order valence-corrected chi connectivity index (χ3v) is 3.48. The molecule has 0 atom stereocenters. The second kappa shape index (κ2) is 7.62. The molecule has 0 aliphatic rings. The number of nitrogens with zero attached hydrogens (tertiary/aromatic N) is 1. The summed E-state index contributed by atoms with van der Waals surface area (Å²) in [4.78, 5) is 13.8. The molecule has 0 aromatic heterocycles. The van der Waals surface area contributed by atoms with Gasteiger partial charge in [0.1, 0.15) is 12.4 Å². The Labute approximate surface area is 125 Å². The van der Waals surface area contributed by atoms with Crippen molar-refractivity contribution >= 4 is 28.5 Å². The van der Waals surface area contributed by atoms with Crippen LogP contribution in [0.4, 0.5) is 8.78 Å². The van der Waals surface area contributed by atoms with Gasteiger partial charge < -0.3 is 9.64 Å². The van der Waals surface area contributed by atoms with Gasteiger partial charge in [0.25, 0.3) is 12.3 Å². The van der Waals surface area contributed by atoms with E-state index in [9.17, 15) is 13.6 Å². The third-order valence-electron chi connectivity index (χ3n) is 2.59. The first-order chi connectivity index (χ1) is 8.99. The minimum atomic E-state index is -2.53. The van der Waals surface area contributed by atoms with Crippen molar-refractivity contribution in [3.05, 3.63) is 27.3 Å². The van der Waals surface area contributed by atoms with Gasteiger partial charge in [-0.2, -0.15) is 0 Å². The molecule has 106 valence electrons. The number of benzene rings is 1. The van der Waals surface area contributed by atoms with E-state index in [1.165, 1.54) is 6.07 Å². The maximum absolute atomic E-state index is 12.1. The summed E-state index contributed by atoms with van der Waals surface area (Å²) in [6.07, 6.45) is -2.53. The van der Waals surface area contributed by atoms with Crippen LogP contribution in [0, 0.1) is 3.57 Å². The predicted molar refractivity (Wildman–Crippen MR) is 77.9 cm³/mol. The summed E-state index contributed by atoms with van der Waals surface area (Å²) in [5.41, 5.74) is 0.452. The van der Waals surface area contributed by atoms with Gasteiger partial charge in [-0.15, -0.1) is 0 Å². The van der Waals surface area contributed by atoms with Crippen LogP contribution in [0.3, 0.4) is 0 Å². The molecule has 0 aliphatic heterocycles. The molecular formula is C13H16F2INO2. The number of amides is 1. The number of ether oxygens (including phenoxy) is 1. The van der Waals surface area contributed by atoms with Gasteiger partial charge in [-0.1, -0.05) is 0 Å². The Bertz CT molecular complexity index is 437. The minimum absolute atomic E-state index is 0.122. The Morgan fingerprint density at radius 3 is 2.53 bits per heavy atom. The number of rotatable bonds is 6. The lowest BCUT2D eigenvalue weighted by Crippen LogP contribution is -2.30. The van der Waals surface area contributed by atoms with Gasteiger partial charge in [0.15, 0.2) is 0 Å². The number of alkyl halides is 2. The van der Waals surface area contributed by atoms with Gasteiger partial charge in [-0.05, 0) is 54.6 Å². The van der Waals surface area contributed by atoms with E-state index in [0.29, 0.717) is 28.0 Å². The van der Waals surface area contributed by atoms with E-state index in [0.717, 1.165) is 0 Å². The minimum Gasteiger partial charge on any atom is -0.487 e. The van der Waals surface area contributed by atoms with E-state index in [2.05, 4.69) is 0 Å². The first kappa shape index (κ1) is 16.1. The Morgan fingerprint density at radius 2 is 2.00 bits per heavy atom. The highest BCUT2D eigenvalue weighted by Gasteiger charge is 2.15. The fourth-order valence-corrected chi connectivity index (χ4v) is 2.08. The summed E-state index contributed by atoms with van der Waals surface area (Å²) < 4.78 is 30.0. The first-order valence-electron chi connectivity index (χ1n) is 5.99. The van der Waals surface area contributed by atoms with Gasteiger partial charge in [0.05, 0.1) is 3.57 Å². The predicted octanol–water partition coefficient (Wildman–Crippen LogP) is 3.42. The highest BCUT2D eigenvalue weighted by atomic mass is 127. The Kier molecular flexibility index (Phi) is 6.47. The van der Waals surface area contributed by atoms with Crippen molar-refractivity contribution in [1.29, 1.82) is 0 Å². The van der Waals surface area contributed by atoms with Crippen LogP contribution < -0.4 is 4.74 Å². The molecular weight excluding hydrogens is 367 g/mol. The number of carbonyl (C=O) groups excluding carboxylic acids is 1. The molecule has 0 heterocycles. The number of carbonyl (C=O) groups is 1. The summed E-state index contributed by atoms with van der Waals surface area (Å²) in [5.74, 6) is 0.196. The fraction of sp³-hybridized carbons (Fsp3) is 0.462. The van der Waals surface area contributed by atoms with E-state index in [4.69, 9.17) is 4.74 Å². The molecule has 1 amide bonds. The maximum atomic E-state index is 12.1. The number of hydrogen-bond donors (Lipinski definition) is 0. The van der Waals surface area contributed by atoms with E-state index >= 15 is 0 Å². The molecule has 0 unspecified atom stereocenters. The first-order valence-corrected chi connectivity index (χ1v) is 7.07. The molecule has 6 heteroatoms. The Balaban J connectivity index is 2.91. The van der Waals surface area contributed by atoms with Crippen LogP contribution in [0.15, 0.2) is 18.2 Å². The lowest BCUT2D eigenvalue weighted by Gasteiger charge is -2.19. The molecule has 0 spiro atoms. The van der Waals surface area contributed by atoms with E-state index in [1.807, 2.05) is 36.4 Å². The molecule has 0 aliphatic carbocycles. The lowest BCUT2D eigenvalue weighted by molar-refractivity contribution is 0.0768. The summed E-state index contributed by atoms with van der Waals surface area (Å²) >= 11 is 1.99. The topological polar surface area (TPSA) is 29.5 Å². The van der Waals surface area contributed by atoms with Crippen molar-refractivity contribution in [3.63, 3.8) is 0 Å². The molecule has 0 N–H and O–H groups in total. The standard InChI is InChI=1S/C13H16F2INO2/c1-3-17(4-2)13(18)9-5-6-10(16)11(7-9)19-8-12(14)15/h5-7,12H,3-4,8H2,1-2H3. The zero-order valence-corrected chi connectivity index (χ0v) is 13.0. The van der Waals surface area contributed by atoms with Crippen LogP contribution >= 0.6 is 22.6 Å². The smallest absolute Gasteiger partial charge is 0.272 e. The summed E-state index contributed by atoms with van der Waals surface area (Å²) in [7, 11) is 0. The van der Waals surface area contributed by atoms with E-state index < -0.39 is 13.0 Å². The summed E-state index contributed by atoms with van der Waals surface area (Å²) in [6.45, 7) is 4.33. The van der Waals surface area contributed by atoms with Crippen LogP contribution in [0.5, 0.6) is 5.75 Å². The van der Waals surface area contributed by atoms with Crippen LogP contribution in [0.25, 0.3) is 0 Å². The Morgan fingerprint density at radius 1 is 1.37 bits per heavy atom. The SMILES string of the molecule is CCN(CC)C(=O)c1ccc(I)c(OCC(F)F)c1. The maximum Gasteiger partial charge on any atom is 0.272 e. The zero-order valence-electron chi connectivity index (χ0n) is 10.8. The van der Waals surface area contributed by atoms with Gasteiger partial charge in [0, 0.05) is 18.7 Å². The van der Waals surface area contributed by atoms with Gasteiger partial charge in [-0.3, -0.25) is 4.79 Å². The van der Waals surface area contributed by atoms with Crippen LogP contribution in [0.2, 0.25) is 0 Å². The van der Waals surface area contributed by atoms with E-state index in [1.54, 1.807) is 17.0 Å². The largest absolute Gasteiger partial charge is 0.487 e. The molecule has 0 radical (unpaired) electrons. The normalized spacial score (nSPS) is 10.6. The third kappa shape index (κ3) is 4.59. The quantitative estimate of drug-likeness (QED) is 0.705. The number of hydrogen-bond acceptors (Lipinski definition) is 2. The van der Waals surface area contributed by atoms with Gasteiger partial charge in [-0.25, -0.2) is 8.78 Å². The molecule has 0 saturated carbocycles. The van der Waals surface area contributed by atoms with Crippen LogP contribution in [0.1, 0.15) is 24.2 Å². The van der Waals surface area contributed by atoms with Gasteiger partial charge in [0.2, 0.25) is 0 Å².